The van der Waals surface area contributed by atoms with E-state index in [1.54, 1.807) is 0 Å². The van der Waals surface area contributed by atoms with E-state index in [9.17, 15) is 9.59 Å². The Kier molecular flexibility index (Phi) is 2.71. The van der Waals surface area contributed by atoms with Crippen LogP contribution in [0.4, 0.5) is 0 Å². The third kappa shape index (κ3) is 1.75. The highest BCUT2D eigenvalue weighted by Gasteiger charge is 2.32. The van der Waals surface area contributed by atoms with Crippen LogP contribution in [0.5, 0.6) is 0 Å². The molecule has 1 aromatic rings. The Hall–Kier alpha value is -1.00. The van der Waals surface area contributed by atoms with Crippen LogP contribution in [0.3, 0.4) is 0 Å². The minimum absolute atomic E-state index is 0.380. The number of hydrogen-bond acceptors (Lipinski definition) is 3. The molecule has 0 spiro atoms. The molecule has 0 saturated carbocycles. The van der Waals surface area contributed by atoms with Crippen LogP contribution in [-0.2, 0) is 16.1 Å². The highest BCUT2D eigenvalue weighted by Crippen LogP contribution is 2.34. The van der Waals surface area contributed by atoms with Crippen molar-refractivity contribution >= 4 is 28.0 Å². The van der Waals surface area contributed by atoms with E-state index in [0.29, 0.717) is 12.8 Å². The molecule has 1 heterocycles. The minimum Gasteiger partial charge on any atom is -0.295 e. The third-order valence-corrected chi connectivity index (χ3v) is 3.14. The maximum atomic E-state index is 11.5. The van der Waals surface area contributed by atoms with Crippen LogP contribution in [-0.4, -0.2) is 24.0 Å². The van der Waals surface area contributed by atoms with E-state index in [0.717, 1.165) is 15.6 Å². The number of ketones is 1. The van der Waals surface area contributed by atoms with Crippen molar-refractivity contribution in [2.75, 3.05) is 7.05 Å². The van der Waals surface area contributed by atoms with Gasteiger partial charge in [-0.05, 0) is 30.3 Å². The van der Waals surface area contributed by atoms with Crippen LogP contribution in [0, 0.1) is 0 Å². The highest BCUT2D eigenvalue weighted by molar-refractivity contribution is 9.10. The largest absolute Gasteiger partial charge is 0.295 e. The van der Waals surface area contributed by atoms with Gasteiger partial charge >= 0.3 is 0 Å². The zero-order chi connectivity index (χ0) is 11.0. The summed E-state index contributed by atoms with van der Waals surface area (Å²) >= 11 is 3.37. The number of rotatable bonds is 2. The molecule has 0 saturated heterocycles. The third-order valence-electron chi connectivity index (χ3n) is 2.65. The maximum absolute atomic E-state index is 11.5. The summed E-state index contributed by atoms with van der Waals surface area (Å²) in [4.78, 5) is 23.9. The highest BCUT2D eigenvalue weighted by atomic mass is 79.9. The summed E-state index contributed by atoms with van der Waals surface area (Å²) in [5.74, 6) is -0.380. The van der Waals surface area contributed by atoms with Gasteiger partial charge in [-0.25, -0.2) is 0 Å². The van der Waals surface area contributed by atoms with Gasteiger partial charge in [-0.3, -0.25) is 14.5 Å². The molecule has 78 valence electrons. The molecule has 1 unspecified atom stereocenters. The molecule has 15 heavy (non-hydrogen) atoms. The lowest BCUT2D eigenvalue weighted by Gasteiger charge is -2.15. The first kappa shape index (κ1) is 10.5. The number of nitrogens with zero attached hydrogens (tertiary/aromatic N) is 1. The van der Waals surface area contributed by atoms with Gasteiger partial charge in [-0.1, -0.05) is 22.0 Å². The predicted molar refractivity (Wildman–Crippen MR) is 59.4 cm³/mol. The Morgan fingerprint density at radius 2 is 2.33 bits per heavy atom. The van der Waals surface area contributed by atoms with E-state index in [1.807, 2.05) is 30.1 Å². The van der Waals surface area contributed by atoms with Crippen LogP contribution >= 0.6 is 15.9 Å². The lowest BCUT2D eigenvalue weighted by Crippen LogP contribution is -2.25. The summed E-state index contributed by atoms with van der Waals surface area (Å²) in [6.07, 6.45) is 0.400. The van der Waals surface area contributed by atoms with E-state index in [4.69, 9.17) is 0 Å². The number of Topliss-reactive ketones (excluding diaryl/α,β-unsaturated/α-hetero) is 1. The average molecular weight is 268 g/mol. The van der Waals surface area contributed by atoms with Crippen molar-refractivity contribution < 1.29 is 9.59 Å². The zero-order valence-corrected chi connectivity index (χ0v) is 9.82. The molecule has 4 heteroatoms. The summed E-state index contributed by atoms with van der Waals surface area (Å²) in [6, 6.07) is 5.43. The molecule has 0 aliphatic carbocycles. The number of likely N-dealkylation sites (N-methyl/N-ethyl adjacent to an activating group) is 1. The van der Waals surface area contributed by atoms with Crippen LogP contribution in [0.1, 0.15) is 17.2 Å². The fourth-order valence-electron chi connectivity index (χ4n) is 2.00. The molecule has 1 atom stereocenters. The standard InChI is InChI=1S/C11H10BrNO2/c1-13-5-7-2-3-8(12)4-9(7)11(13)10(15)6-14/h2-4,6,11H,5H2,1H3. The maximum Gasteiger partial charge on any atom is 0.216 e. The van der Waals surface area contributed by atoms with Gasteiger partial charge in [0, 0.05) is 11.0 Å². The van der Waals surface area contributed by atoms with Crippen LogP contribution in [0.25, 0.3) is 0 Å². The topological polar surface area (TPSA) is 37.4 Å². The fraction of sp³-hybridized carbons (Fsp3) is 0.273. The lowest BCUT2D eigenvalue weighted by molar-refractivity contribution is -0.133. The Morgan fingerprint density at radius 3 is 3.00 bits per heavy atom. The molecule has 0 N–H and O–H groups in total. The summed E-state index contributed by atoms with van der Waals surface area (Å²) in [7, 11) is 1.85. The van der Waals surface area contributed by atoms with Crippen LogP contribution in [0.2, 0.25) is 0 Å². The summed E-state index contributed by atoms with van der Waals surface area (Å²) in [5, 5.41) is 0. The number of aldehydes is 1. The smallest absolute Gasteiger partial charge is 0.216 e. The number of carbonyl (C=O) groups excluding carboxylic acids is 2. The number of benzene rings is 1. The molecular formula is C11H10BrNO2. The van der Waals surface area contributed by atoms with Crippen molar-refractivity contribution in [3.05, 3.63) is 33.8 Å². The van der Waals surface area contributed by atoms with Crippen LogP contribution < -0.4 is 0 Å². The van der Waals surface area contributed by atoms with Gasteiger partial charge in [0.25, 0.3) is 0 Å². The second-order valence-corrected chi connectivity index (χ2v) is 4.60. The molecular weight excluding hydrogens is 258 g/mol. The molecule has 0 radical (unpaired) electrons. The molecule has 0 fully saturated rings. The first-order valence-electron chi connectivity index (χ1n) is 4.61. The minimum atomic E-state index is -0.407. The van der Waals surface area contributed by atoms with E-state index in [2.05, 4.69) is 15.9 Å². The van der Waals surface area contributed by atoms with Crippen molar-refractivity contribution in [1.82, 2.24) is 4.90 Å². The van der Waals surface area contributed by atoms with Gasteiger partial charge < -0.3 is 0 Å². The Bertz CT molecular complexity index is 431. The van der Waals surface area contributed by atoms with Crippen LogP contribution in [0.15, 0.2) is 22.7 Å². The van der Waals surface area contributed by atoms with Gasteiger partial charge in [0.2, 0.25) is 5.78 Å². The molecule has 3 nitrogen and oxygen atoms in total. The van der Waals surface area contributed by atoms with Crippen molar-refractivity contribution in [2.45, 2.75) is 12.6 Å². The molecule has 0 amide bonds. The second kappa shape index (κ2) is 3.87. The SMILES string of the molecule is CN1Cc2ccc(Br)cc2C1C(=O)C=O. The normalized spacial score (nSPS) is 20.0. The van der Waals surface area contributed by atoms with Gasteiger partial charge in [-0.15, -0.1) is 0 Å². The van der Waals surface area contributed by atoms with Gasteiger partial charge in [0.1, 0.15) is 6.04 Å². The average Bonchev–Trinajstić information content (AvgIpc) is 2.52. The van der Waals surface area contributed by atoms with Crippen molar-refractivity contribution in [3.8, 4) is 0 Å². The van der Waals surface area contributed by atoms with E-state index < -0.39 is 6.04 Å². The molecule has 2 rings (SSSR count). The first-order chi connectivity index (χ1) is 7.13. The molecule has 1 aromatic carbocycles. The summed E-state index contributed by atoms with van der Waals surface area (Å²) in [6.45, 7) is 0.715. The van der Waals surface area contributed by atoms with Gasteiger partial charge in [-0.2, -0.15) is 0 Å². The number of halogens is 1. The van der Waals surface area contributed by atoms with E-state index in [1.165, 1.54) is 0 Å². The zero-order valence-electron chi connectivity index (χ0n) is 8.24. The monoisotopic (exact) mass is 267 g/mol. The summed E-state index contributed by atoms with van der Waals surface area (Å²) in [5.41, 5.74) is 2.05. The summed E-state index contributed by atoms with van der Waals surface area (Å²) < 4.78 is 0.931. The van der Waals surface area contributed by atoms with Crippen molar-refractivity contribution in [1.29, 1.82) is 0 Å². The first-order valence-corrected chi connectivity index (χ1v) is 5.40. The predicted octanol–water partition coefficient (Wildman–Crippen LogP) is 1.70. The lowest BCUT2D eigenvalue weighted by atomic mass is 10.0. The Morgan fingerprint density at radius 1 is 1.60 bits per heavy atom. The molecule has 0 aromatic heterocycles. The number of fused-ring (bicyclic) bond motifs is 1. The molecule has 0 bridgehead atoms. The Labute approximate surface area is 96.2 Å². The fourth-order valence-corrected chi connectivity index (χ4v) is 2.38. The number of carbonyl (C=O) groups is 2. The molecule has 1 aliphatic heterocycles. The molecule has 1 aliphatic rings. The van der Waals surface area contributed by atoms with E-state index >= 15 is 0 Å². The number of hydrogen-bond donors (Lipinski definition) is 0. The quantitative estimate of drug-likeness (QED) is 0.605. The van der Waals surface area contributed by atoms with Crippen molar-refractivity contribution in [2.24, 2.45) is 0 Å². The second-order valence-electron chi connectivity index (χ2n) is 3.68. The van der Waals surface area contributed by atoms with E-state index in [-0.39, 0.29) is 5.78 Å². The Balaban J connectivity index is 2.48. The van der Waals surface area contributed by atoms with Gasteiger partial charge in [0.05, 0.1) is 0 Å². The van der Waals surface area contributed by atoms with Gasteiger partial charge in [0.15, 0.2) is 6.29 Å². The van der Waals surface area contributed by atoms with Crippen molar-refractivity contribution in [3.63, 3.8) is 0 Å².